The quantitative estimate of drug-likeness (QED) is 0.497. The third-order valence-electron chi connectivity index (χ3n) is 5.30. The third kappa shape index (κ3) is 5.68. The first-order valence-corrected chi connectivity index (χ1v) is 10.3. The molecule has 12 nitrogen and oxygen atoms in total. The van der Waals surface area contributed by atoms with Crippen LogP contribution in [0.4, 0.5) is 0 Å². The zero-order valence-electron chi connectivity index (χ0n) is 18.0. The van der Waals surface area contributed by atoms with Gasteiger partial charge in [0.1, 0.15) is 0 Å². The van der Waals surface area contributed by atoms with Gasteiger partial charge in [0.2, 0.25) is 0 Å². The van der Waals surface area contributed by atoms with Crippen LogP contribution in [0.1, 0.15) is 17.1 Å². The van der Waals surface area contributed by atoms with Crippen molar-refractivity contribution in [3.05, 3.63) is 35.7 Å². The largest absolute Gasteiger partial charge is 0.295 e. The van der Waals surface area contributed by atoms with Gasteiger partial charge in [0, 0.05) is 98.6 Å². The van der Waals surface area contributed by atoms with Crippen LogP contribution in [0.2, 0.25) is 0 Å². The van der Waals surface area contributed by atoms with E-state index < -0.39 is 0 Å². The van der Waals surface area contributed by atoms with E-state index in [0.717, 1.165) is 76.0 Å². The second-order valence-electron chi connectivity index (χ2n) is 7.98. The van der Waals surface area contributed by atoms with E-state index in [2.05, 4.69) is 45.6 Å². The van der Waals surface area contributed by atoms with E-state index in [-0.39, 0.29) is 0 Å². The van der Waals surface area contributed by atoms with Gasteiger partial charge in [-0.1, -0.05) is 15.6 Å². The van der Waals surface area contributed by atoms with Crippen LogP contribution < -0.4 is 0 Å². The lowest BCUT2D eigenvalue weighted by molar-refractivity contribution is 0.206. The monoisotopic (exact) mass is 414 g/mol. The van der Waals surface area contributed by atoms with Crippen molar-refractivity contribution in [1.82, 2.24) is 59.7 Å². The van der Waals surface area contributed by atoms with Crippen LogP contribution in [0.25, 0.3) is 0 Å². The third-order valence-corrected chi connectivity index (χ3v) is 5.30. The number of hydrogen-bond donors (Lipinski definition) is 0. The van der Waals surface area contributed by atoms with Crippen LogP contribution >= 0.6 is 0 Å². The number of aryl methyl sites for hydroxylation is 3. The predicted octanol–water partition coefficient (Wildman–Crippen LogP) is -1.11. The summed E-state index contributed by atoms with van der Waals surface area (Å²) >= 11 is 0. The highest BCUT2D eigenvalue weighted by atomic mass is 15.4. The summed E-state index contributed by atoms with van der Waals surface area (Å²) in [5.74, 6) is 0. The standard InChI is InChI=1S/C18H30N12/c1-25-10-16(19-22-25)13-28-4-6-29(14-17-11-26(2)23-20-17)8-9-30(7-5-28)15-18-12-27(3)24-21-18/h10-12H,4-9,13-15H2,1-3H3. The second kappa shape index (κ2) is 9.41. The molecule has 0 unspecified atom stereocenters. The van der Waals surface area contributed by atoms with Crippen molar-refractivity contribution in [2.24, 2.45) is 21.1 Å². The molecule has 30 heavy (non-hydrogen) atoms. The highest BCUT2D eigenvalue weighted by Crippen LogP contribution is 2.09. The number of rotatable bonds is 6. The molecule has 4 rings (SSSR count). The number of aromatic nitrogens is 9. The normalized spacial score (nSPS) is 17.7. The average Bonchev–Trinajstić information content (AvgIpc) is 3.43. The lowest BCUT2D eigenvalue weighted by Crippen LogP contribution is -2.35. The zero-order chi connectivity index (χ0) is 20.9. The smallest absolute Gasteiger partial charge is 0.0967 e. The van der Waals surface area contributed by atoms with E-state index in [1.807, 2.05) is 39.7 Å². The van der Waals surface area contributed by atoms with Gasteiger partial charge < -0.3 is 0 Å². The van der Waals surface area contributed by atoms with Gasteiger partial charge in [-0.2, -0.15) is 0 Å². The summed E-state index contributed by atoms with van der Waals surface area (Å²) in [4.78, 5) is 7.34. The van der Waals surface area contributed by atoms with E-state index in [1.54, 1.807) is 14.0 Å². The average molecular weight is 415 g/mol. The maximum Gasteiger partial charge on any atom is 0.0967 e. The Kier molecular flexibility index (Phi) is 6.45. The molecule has 0 aromatic carbocycles. The zero-order valence-corrected chi connectivity index (χ0v) is 18.0. The Hall–Kier alpha value is -2.70. The Morgan fingerprint density at radius 1 is 0.533 bits per heavy atom. The fourth-order valence-electron chi connectivity index (χ4n) is 3.75. The maximum absolute atomic E-state index is 4.27. The van der Waals surface area contributed by atoms with Gasteiger partial charge in [-0.25, -0.2) is 0 Å². The topological polar surface area (TPSA) is 102 Å². The van der Waals surface area contributed by atoms with Crippen molar-refractivity contribution in [3.8, 4) is 0 Å². The van der Waals surface area contributed by atoms with Crippen molar-refractivity contribution >= 4 is 0 Å². The van der Waals surface area contributed by atoms with Crippen molar-refractivity contribution in [2.75, 3.05) is 39.3 Å². The molecule has 0 spiro atoms. The molecule has 4 heterocycles. The minimum Gasteiger partial charge on any atom is -0.295 e. The summed E-state index contributed by atoms with van der Waals surface area (Å²) in [6.07, 6.45) is 5.96. The van der Waals surface area contributed by atoms with E-state index in [4.69, 9.17) is 0 Å². The molecule has 0 amide bonds. The molecule has 1 fully saturated rings. The molecule has 0 aliphatic carbocycles. The Balaban J connectivity index is 1.44. The summed E-state index contributed by atoms with van der Waals surface area (Å²) < 4.78 is 5.27. The maximum atomic E-state index is 4.27. The van der Waals surface area contributed by atoms with Crippen molar-refractivity contribution < 1.29 is 0 Å². The molecule has 162 valence electrons. The Bertz CT molecular complexity index is 796. The molecule has 3 aromatic rings. The molecule has 0 N–H and O–H groups in total. The first kappa shape index (κ1) is 20.6. The summed E-state index contributed by atoms with van der Waals surface area (Å²) in [5.41, 5.74) is 2.99. The summed E-state index contributed by atoms with van der Waals surface area (Å²) in [6.45, 7) is 8.20. The lowest BCUT2D eigenvalue weighted by atomic mass is 10.3. The van der Waals surface area contributed by atoms with Crippen LogP contribution in [0.15, 0.2) is 18.6 Å². The number of hydrogen-bond acceptors (Lipinski definition) is 9. The first-order chi connectivity index (χ1) is 14.5. The Labute approximate surface area is 176 Å². The van der Waals surface area contributed by atoms with E-state index >= 15 is 0 Å². The predicted molar refractivity (Wildman–Crippen MR) is 109 cm³/mol. The van der Waals surface area contributed by atoms with Crippen molar-refractivity contribution in [1.29, 1.82) is 0 Å². The van der Waals surface area contributed by atoms with Crippen molar-refractivity contribution in [3.63, 3.8) is 0 Å². The molecular formula is C18H30N12. The van der Waals surface area contributed by atoms with Crippen LogP contribution in [0, 0.1) is 0 Å². The van der Waals surface area contributed by atoms with Gasteiger partial charge in [0.05, 0.1) is 17.1 Å². The molecule has 1 saturated heterocycles. The highest BCUT2D eigenvalue weighted by molar-refractivity contribution is 4.95. The molecule has 0 saturated carbocycles. The summed E-state index contributed by atoms with van der Waals surface area (Å²) in [5, 5.41) is 25.0. The van der Waals surface area contributed by atoms with E-state index in [9.17, 15) is 0 Å². The molecule has 3 aromatic heterocycles. The van der Waals surface area contributed by atoms with Crippen LogP contribution in [0.5, 0.6) is 0 Å². The molecule has 0 radical (unpaired) electrons. The van der Waals surface area contributed by atoms with Gasteiger partial charge >= 0.3 is 0 Å². The molecule has 0 bridgehead atoms. The second-order valence-corrected chi connectivity index (χ2v) is 7.98. The van der Waals surface area contributed by atoms with E-state index in [1.165, 1.54) is 0 Å². The Morgan fingerprint density at radius 2 is 0.800 bits per heavy atom. The van der Waals surface area contributed by atoms with Crippen LogP contribution in [0.3, 0.4) is 0 Å². The minimum atomic E-state index is 0.797. The van der Waals surface area contributed by atoms with Crippen LogP contribution in [-0.2, 0) is 40.8 Å². The fourth-order valence-corrected chi connectivity index (χ4v) is 3.75. The lowest BCUT2D eigenvalue weighted by Gasteiger charge is -2.24. The molecule has 0 atom stereocenters. The molecule has 1 aliphatic rings. The van der Waals surface area contributed by atoms with E-state index in [0.29, 0.717) is 0 Å². The first-order valence-electron chi connectivity index (χ1n) is 10.3. The Morgan fingerprint density at radius 3 is 1.00 bits per heavy atom. The SMILES string of the molecule is Cn1cc(CN2CCN(Cc3cn(C)nn3)CCN(Cc3cn(C)nn3)CC2)nn1. The van der Waals surface area contributed by atoms with Crippen molar-refractivity contribution in [2.45, 2.75) is 19.6 Å². The van der Waals surface area contributed by atoms with Gasteiger partial charge in [-0.3, -0.25) is 28.7 Å². The minimum absolute atomic E-state index is 0.797. The van der Waals surface area contributed by atoms with Crippen LogP contribution in [-0.4, -0.2) is 98.9 Å². The summed E-state index contributed by atoms with van der Waals surface area (Å²) in [6, 6.07) is 0. The summed E-state index contributed by atoms with van der Waals surface area (Å²) in [7, 11) is 5.71. The fraction of sp³-hybridized carbons (Fsp3) is 0.667. The molecule has 1 aliphatic heterocycles. The molecular weight excluding hydrogens is 384 g/mol. The van der Waals surface area contributed by atoms with Gasteiger partial charge in [0.15, 0.2) is 0 Å². The van der Waals surface area contributed by atoms with Gasteiger partial charge in [0.25, 0.3) is 0 Å². The van der Waals surface area contributed by atoms with Gasteiger partial charge in [-0.05, 0) is 0 Å². The number of nitrogens with zero attached hydrogens (tertiary/aromatic N) is 12. The highest BCUT2D eigenvalue weighted by Gasteiger charge is 2.19. The molecule has 12 heteroatoms. The van der Waals surface area contributed by atoms with Gasteiger partial charge in [-0.15, -0.1) is 15.3 Å².